The molecule has 6 heteroatoms. The monoisotopic (exact) mass is 346 g/mol. The number of benzene rings is 1. The van der Waals surface area contributed by atoms with Crippen molar-refractivity contribution in [1.82, 2.24) is 10.5 Å². The molecule has 0 aliphatic carbocycles. The Morgan fingerprint density at radius 1 is 1.20 bits per heavy atom. The van der Waals surface area contributed by atoms with Gasteiger partial charge in [-0.1, -0.05) is 19.0 Å². The summed E-state index contributed by atoms with van der Waals surface area (Å²) in [6.07, 6.45) is 1.92. The number of methoxy groups -OCH3 is 2. The van der Waals surface area contributed by atoms with Crippen molar-refractivity contribution in [2.75, 3.05) is 14.2 Å². The van der Waals surface area contributed by atoms with E-state index in [4.69, 9.17) is 14.0 Å². The molecule has 0 aliphatic rings. The van der Waals surface area contributed by atoms with Crippen LogP contribution in [-0.4, -0.2) is 25.3 Å². The normalized spacial score (nSPS) is 12.1. The Morgan fingerprint density at radius 3 is 2.52 bits per heavy atom. The molecule has 1 atom stereocenters. The molecule has 0 saturated heterocycles. The first-order chi connectivity index (χ1) is 12.0. The molecule has 0 radical (unpaired) electrons. The molecular formula is C19H26N2O4. The average Bonchev–Trinajstić information content (AvgIpc) is 3.12. The molecule has 0 fully saturated rings. The van der Waals surface area contributed by atoms with Crippen LogP contribution in [0.2, 0.25) is 0 Å². The zero-order chi connectivity index (χ0) is 18.4. The quantitative estimate of drug-likeness (QED) is 0.779. The van der Waals surface area contributed by atoms with Gasteiger partial charge in [-0.25, -0.2) is 0 Å². The summed E-state index contributed by atoms with van der Waals surface area (Å²) in [5.41, 5.74) is 1.65. The summed E-state index contributed by atoms with van der Waals surface area (Å²) < 4.78 is 15.9. The molecule has 1 aromatic carbocycles. The number of carbonyl (C=O) groups excluding carboxylic acids is 1. The number of ether oxygens (including phenoxy) is 2. The zero-order valence-electron chi connectivity index (χ0n) is 15.5. The minimum atomic E-state index is -0.304. The van der Waals surface area contributed by atoms with Gasteiger partial charge in [-0.05, 0) is 38.0 Å². The highest BCUT2D eigenvalue weighted by molar-refractivity contribution is 5.91. The van der Waals surface area contributed by atoms with Crippen molar-refractivity contribution in [2.24, 2.45) is 0 Å². The molecule has 25 heavy (non-hydrogen) atoms. The summed E-state index contributed by atoms with van der Waals surface area (Å²) in [4.78, 5) is 12.5. The Balaban J connectivity index is 2.15. The summed E-state index contributed by atoms with van der Waals surface area (Å²) in [5.74, 6) is 1.61. The van der Waals surface area contributed by atoms with Crippen LogP contribution in [-0.2, 0) is 0 Å². The number of rotatable bonds is 8. The fraction of sp³-hybridized carbons (Fsp3) is 0.474. The smallest absolute Gasteiger partial charge is 0.290 e. The van der Waals surface area contributed by atoms with Crippen molar-refractivity contribution in [2.45, 2.75) is 45.6 Å². The standard InChI is InChI=1S/C19H26N2O4/c1-6-13(7-2)16-11-18(25-21-16)19(22)20-12(3)15-10-14(23-4)8-9-17(15)24-5/h8-13H,6-7H2,1-5H3,(H,20,22)/t12-/m1/s1. The molecule has 0 bridgehead atoms. The fourth-order valence-electron chi connectivity index (χ4n) is 2.82. The van der Waals surface area contributed by atoms with Gasteiger partial charge in [0.05, 0.1) is 26.0 Å². The first-order valence-corrected chi connectivity index (χ1v) is 8.53. The average molecular weight is 346 g/mol. The maximum absolute atomic E-state index is 12.5. The highest BCUT2D eigenvalue weighted by Crippen LogP contribution is 2.29. The van der Waals surface area contributed by atoms with E-state index in [2.05, 4.69) is 24.3 Å². The van der Waals surface area contributed by atoms with E-state index in [9.17, 15) is 4.79 Å². The lowest BCUT2D eigenvalue weighted by atomic mass is 9.99. The second-order valence-electron chi connectivity index (χ2n) is 5.93. The molecule has 6 nitrogen and oxygen atoms in total. The molecule has 2 rings (SSSR count). The minimum Gasteiger partial charge on any atom is -0.497 e. The maximum Gasteiger partial charge on any atom is 0.290 e. The maximum atomic E-state index is 12.5. The molecule has 1 N–H and O–H groups in total. The number of nitrogens with zero attached hydrogens (tertiary/aromatic N) is 1. The van der Waals surface area contributed by atoms with E-state index < -0.39 is 0 Å². The molecular weight excluding hydrogens is 320 g/mol. The number of hydrogen-bond acceptors (Lipinski definition) is 5. The Morgan fingerprint density at radius 2 is 1.92 bits per heavy atom. The minimum absolute atomic E-state index is 0.218. The zero-order valence-corrected chi connectivity index (χ0v) is 15.5. The number of amides is 1. The predicted molar refractivity (Wildman–Crippen MR) is 95.3 cm³/mol. The van der Waals surface area contributed by atoms with E-state index in [-0.39, 0.29) is 17.7 Å². The fourth-order valence-corrected chi connectivity index (χ4v) is 2.82. The molecule has 136 valence electrons. The summed E-state index contributed by atoms with van der Waals surface area (Å²) in [6.45, 7) is 6.08. The lowest BCUT2D eigenvalue weighted by molar-refractivity contribution is 0.0902. The highest BCUT2D eigenvalue weighted by Gasteiger charge is 2.21. The van der Waals surface area contributed by atoms with E-state index in [1.165, 1.54) is 0 Å². The Bertz CT molecular complexity index is 707. The van der Waals surface area contributed by atoms with Crippen LogP contribution in [0.15, 0.2) is 28.8 Å². The van der Waals surface area contributed by atoms with Crippen LogP contribution in [0.3, 0.4) is 0 Å². The third kappa shape index (κ3) is 4.32. The molecule has 0 saturated carbocycles. The third-order valence-electron chi connectivity index (χ3n) is 4.41. The van der Waals surface area contributed by atoms with Crippen LogP contribution in [0.25, 0.3) is 0 Å². The number of hydrogen-bond donors (Lipinski definition) is 1. The lowest BCUT2D eigenvalue weighted by Gasteiger charge is -2.17. The summed E-state index contributed by atoms with van der Waals surface area (Å²) in [5, 5.41) is 6.96. The Labute approximate surface area is 148 Å². The van der Waals surface area contributed by atoms with Gasteiger partial charge in [0.1, 0.15) is 11.5 Å². The van der Waals surface area contributed by atoms with Crippen LogP contribution in [0.5, 0.6) is 11.5 Å². The van der Waals surface area contributed by atoms with Crippen molar-refractivity contribution in [3.63, 3.8) is 0 Å². The van der Waals surface area contributed by atoms with Gasteiger partial charge < -0.3 is 19.3 Å². The molecule has 2 aromatic rings. The summed E-state index contributed by atoms with van der Waals surface area (Å²) in [6, 6.07) is 6.92. The lowest BCUT2D eigenvalue weighted by Crippen LogP contribution is -2.26. The summed E-state index contributed by atoms with van der Waals surface area (Å²) in [7, 11) is 3.20. The number of aromatic nitrogens is 1. The van der Waals surface area contributed by atoms with Gasteiger partial charge >= 0.3 is 0 Å². The molecule has 1 amide bonds. The van der Waals surface area contributed by atoms with Gasteiger partial charge in [0.15, 0.2) is 0 Å². The molecule has 1 heterocycles. The van der Waals surface area contributed by atoms with Gasteiger partial charge in [-0.3, -0.25) is 4.79 Å². The molecule has 0 unspecified atom stereocenters. The Hall–Kier alpha value is -2.50. The molecule has 0 spiro atoms. The van der Waals surface area contributed by atoms with Gasteiger partial charge in [-0.2, -0.15) is 0 Å². The predicted octanol–water partition coefficient (Wildman–Crippen LogP) is 4.09. The second-order valence-corrected chi connectivity index (χ2v) is 5.93. The van der Waals surface area contributed by atoms with Gasteiger partial charge in [0.25, 0.3) is 5.91 Å². The topological polar surface area (TPSA) is 73.6 Å². The van der Waals surface area contributed by atoms with Crippen molar-refractivity contribution < 1.29 is 18.8 Å². The second kappa shape index (κ2) is 8.55. The van der Waals surface area contributed by atoms with E-state index in [0.717, 1.165) is 24.1 Å². The van der Waals surface area contributed by atoms with Crippen LogP contribution < -0.4 is 14.8 Å². The van der Waals surface area contributed by atoms with Crippen LogP contribution in [0, 0.1) is 0 Å². The third-order valence-corrected chi connectivity index (χ3v) is 4.41. The molecule has 0 aliphatic heterocycles. The first kappa shape index (κ1) is 18.8. The SMILES string of the molecule is CCC(CC)c1cc(C(=O)N[C@H](C)c2cc(OC)ccc2OC)on1. The number of carbonyl (C=O) groups is 1. The first-order valence-electron chi connectivity index (χ1n) is 8.53. The van der Waals surface area contributed by atoms with E-state index in [0.29, 0.717) is 17.4 Å². The largest absolute Gasteiger partial charge is 0.497 e. The number of nitrogens with one attached hydrogen (secondary N) is 1. The van der Waals surface area contributed by atoms with E-state index in [1.807, 2.05) is 25.1 Å². The van der Waals surface area contributed by atoms with Crippen molar-refractivity contribution in [1.29, 1.82) is 0 Å². The highest BCUT2D eigenvalue weighted by atomic mass is 16.5. The van der Waals surface area contributed by atoms with Gasteiger partial charge in [0, 0.05) is 17.5 Å². The van der Waals surface area contributed by atoms with Crippen LogP contribution in [0.4, 0.5) is 0 Å². The van der Waals surface area contributed by atoms with E-state index in [1.54, 1.807) is 20.3 Å². The van der Waals surface area contributed by atoms with Gasteiger partial charge in [0.2, 0.25) is 5.76 Å². The molecule has 1 aromatic heterocycles. The Kier molecular flexibility index (Phi) is 6.44. The van der Waals surface area contributed by atoms with Gasteiger partial charge in [-0.15, -0.1) is 0 Å². The van der Waals surface area contributed by atoms with E-state index >= 15 is 0 Å². The van der Waals surface area contributed by atoms with Crippen LogP contribution >= 0.6 is 0 Å². The van der Waals surface area contributed by atoms with Crippen molar-refractivity contribution in [3.8, 4) is 11.5 Å². The van der Waals surface area contributed by atoms with Crippen molar-refractivity contribution >= 4 is 5.91 Å². The van der Waals surface area contributed by atoms with Crippen molar-refractivity contribution in [3.05, 3.63) is 41.3 Å². The van der Waals surface area contributed by atoms with Crippen LogP contribution in [0.1, 0.15) is 67.4 Å². The summed E-state index contributed by atoms with van der Waals surface area (Å²) >= 11 is 0.